The Morgan fingerprint density at radius 1 is 1.11 bits per heavy atom. The molecule has 1 nitrogen and oxygen atoms in total. The van der Waals surface area contributed by atoms with E-state index in [0.717, 1.165) is 29.4 Å². The van der Waals surface area contributed by atoms with Gasteiger partial charge in [0, 0.05) is 28.8 Å². The van der Waals surface area contributed by atoms with Gasteiger partial charge in [0.1, 0.15) is 0 Å². The number of nitrogens with one attached hydrogen (secondary N) is 1. The molecule has 19 heavy (non-hydrogen) atoms. The summed E-state index contributed by atoms with van der Waals surface area (Å²) in [5.41, 5.74) is 2.37. The van der Waals surface area contributed by atoms with E-state index in [9.17, 15) is 0 Å². The van der Waals surface area contributed by atoms with Crippen molar-refractivity contribution in [3.63, 3.8) is 0 Å². The van der Waals surface area contributed by atoms with Gasteiger partial charge in [-0.2, -0.15) is 0 Å². The normalized spacial score (nSPS) is 10.6. The van der Waals surface area contributed by atoms with Crippen LogP contribution in [0.5, 0.6) is 0 Å². The van der Waals surface area contributed by atoms with E-state index >= 15 is 0 Å². The van der Waals surface area contributed by atoms with Gasteiger partial charge in [-0.25, -0.2) is 0 Å². The summed E-state index contributed by atoms with van der Waals surface area (Å²) in [4.78, 5) is 1.32. The van der Waals surface area contributed by atoms with Crippen LogP contribution in [0.25, 0.3) is 0 Å². The van der Waals surface area contributed by atoms with Crippen molar-refractivity contribution >= 4 is 23.4 Å². The molecule has 0 spiro atoms. The highest BCUT2D eigenvalue weighted by atomic mass is 35.5. The van der Waals surface area contributed by atoms with E-state index in [1.807, 2.05) is 23.9 Å². The number of hydrogen-bond donors (Lipinski definition) is 1. The lowest BCUT2D eigenvalue weighted by molar-refractivity contribution is 0.732. The van der Waals surface area contributed by atoms with Crippen LogP contribution >= 0.6 is 23.4 Å². The van der Waals surface area contributed by atoms with Gasteiger partial charge < -0.3 is 5.32 Å². The van der Waals surface area contributed by atoms with Crippen LogP contribution in [0.4, 0.5) is 0 Å². The van der Waals surface area contributed by atoms with Crippen LogP contribution in [0.2, 0.25) is 5.02 Å². The largest absolute Gasteiger partial charge is 0.312 e. The van der Waals surface area contributed by atoms with Crippen LogP contribution in [-0.2, 0) is 6.54 Å². The van der Waals surface area contributed by atoms with Crippen LogP contribution in [0.3, 0.4) is 0 Å². The SMILES string of the molecule is Cc1ccc(CNCCSc2ccccc2)c(Cl)c1. The number of thioether (sulfide) groups is 1. The van der Waals surface area contributed by atoms with Crippen LogP contribution in [-0.4, -0.2) is 12.3 Å². The van der Waals surface area contributed by atoms with Crippen molar-refractivity contribution in [3.05, 3.63) is 64.7 Å². The zero-order valence-electron chi connectivity index (χ0n) is 11.0. The molecule has 1 N–H and O–H groups in total. The second kappa shape index (κ2) is 7.59. The average Bonchev–Trinajstić information content (AvgIpc) is 2.42. The fourth-order valence-corrected chi connectivity index (χ4v) is 2.91. The standard InChI is InChI=1S/C16H18ClNS/c1-13-7-8-14(16(17)11-13)12-18-9-10-19-15-5-3-2-4-6-15/h2-8,11,18H,9-10,12H2,1H3. The average molecular weight is 292 g/mol. The molecular weight excluding hydrogens is 274 g/mol. The topological polar surface area (TPSA) is 12.0 Å². The third-order valence-corrected chi connectivity index (χ3v) is 4.18. The first-order valence-corrected chi connectivity index (χ1v) is 7.75. The highest BCUT2D eigenvalue weighted by molar-refractivity contribution is 7.99. The third kappa shape index (κ3) is 4.90. The predicted molar refractivity (Wildman–Crippen MR) is 85.1 cm³/mol. The molecule has 0 radical (unpaired) electrons. The van der Waals surface area contributed by atoms with Crippen molar-refractivity contribution in [2.24, 2.45) is 0 Å². The monoisotopic (exact) mass is 291 g/mol. The number of hydrogen-bond acceptors (Lipinski definition) is 2. The summed E-state index contributed by atoms with van der Waals surface area (Å²) in [5.74, 6) is 1.06. The first-order chi connectivity index (χ1) is 9.25. The molecule has 0 heterocycles. The first-order valence-electron chi connectivity index (χ1n) is 6.39. The summed E-state index contributed by atoms with van der Waals surface area (Å²) >= 11 is 8.06. The highest BCUT2D eigenvalue weighted by Gasteiger charge is 2.00. The maximum absolute atomic E-state index is 6.19. The molecule has 100 valence electrons. The summed E-state index contributed by atoms with van der Waals surface area (Å²) in [5, 5.41) is 4.28. The molecule has 0 aliphatic heterocycles. The van der Waals surface area contributed by atoms with Crippen LogP contribution < -0.4 is 5.32 Å². The quantitative estimate of drug-likeness (QED) is 0.620. The van der Waals surface area contributed by atoms with E-state index in [2.05, 4.69) is 48.6 Å². The second-order valence-corrected chi connectivity index (χ2v) is 6.01. The smallest absolute Gasteiger partial charge is 0.0453 e. The Kier molecular flexibility index (Phi) is 5.77. The van der Waals surface area contributed by atoms with Crippen LogP contribution in [0, 0.1) is 6.92 Å². The molecule has 0 amide bonds. The minimum Gasteiger partial charge on any atom is -0.312 e. The van der Waals surface area contributed by atoms with Crippen molar-refractivity contribution in [1.29, 1.82) is 0 Å². The van der Waals surface area contributed by atoms with Gasteiger partial charge >= 0.3 is 0 Å². The minimum atomic E-state index is 0.828. The van der Waals surface area contributed by atoms with Gasteiger partial charge in [0.2, 0.25) is 0 Å². The molecule has 3 heteroatoms. The lowest BCUT2D eigenvalue weighted by Crippen LogP contribution is -2.16. The lowest BCUT2D eigenvalue weighted by Gasteiger charge is -2.07. The zero-order chi connectivity index (χ0) is 13.5. The Morgan fingerprint density at radius 2 is 1.89 bits per heavy atom. The molecule has 0 saturated carbocycles. The van der Waals surface area contributed by atoms with E-state index in [1.54, 1.807) is 0 Å². The number of rotatable bonds is 6. The molecule has 2 rings (SSSR count). The maximum atomic E-state index is 6.19. The van der Waals surface area contributed by atoms with E-state index in [4.69, 9.17) is 11.6 Å². The van der Waals surface area contributed by atoms with E-state index in [0.29, 0.717) is 0 Å². The third-order valence-electron chi connectivity index (χ3n) is 2.81. The fourth-order valence-electron chi connectivity index (χ4n) is 1.78. The maximum Gasteiger partial charge on any atom is 0.0453 e. The van der Waals surface area contributed by atoms with Crippen molar-refractivity contribution in [2.75, 3.05) is 12.3 Å². The van der Waals surface area contributed by atoms with Gasteiger partial charge in [-0.05, 0) is 36.2 Å². The fraction of sp³-hybridized carbons (Fsp3) is 0.250. The molecule has 2 aromatic rings. The first kappa shape index (κ1) is 14.4. The van der Waals surface area contributed by atoms with Gasteiger partial charge in [-0.15, -0.1) is 11.8 Å². The molecule has 0 bridgehead atoms. The predicted octanol–water partition coefficient (Wildman–Crippen LogP) is 4.53. The van der Waals surface area contributed by atoms with Crippen LogP contribution in [0.1, 0.15) is 11.1 Å². The Morgan fingerprint density at radius 3 is 2.63 bits per heavy atom. The van der Waals surface area contributed by atoms with E-state index < -0.39 is 0 Å². The molecule has 0 atom stereocenters. The van der Waals surface area contributed by atoms with Gasteiger partial charge in [0.05, 0.1) is 0 Å². The highest BCUT2D eigenvalue weighted by Crippen LogP contribution is 2.18. The summed E-state index contributed by atoms with van der Waals surface area (Å²) in [6.45, 7) is 3.86. The van der Waals surface area contributed by atoms with Gasteiger partial charge in [0.25, 0.3) is 0 Å². The molecule has 0 fully saturated rings. The Bertz CT molecular complexity index is 513. The van der Waals surface area contributed by atoms with Crippen molar-refractivity contribution < 1.29 is 0 Å². The molecule has 0 aromatic heterocycles. The van der Waals surface area contributed by atoms with E-state index in [1.165, 1.54) is 10.5 Å². The summed E-state index contributed by atoms with van der Waals surface area (Å²) < 4.78 is 0. The van der Waals surface area contributed by atoms with Gasteiger partial charge in [-0.1, -0.05) is 41.9 Å². The number of benzene rings is 2. The Hall–Kier alpha value is -0.960. The second-order valence-electron chi connectivity index (χ2n) is 4.43. The van der Waals surface area contributed by atoms with E-state index in [-0.39, 0.29) is 0 Å². The number of halogens is 1. The molecule has 0 aliphatic carbocycles. The summed E-state index contributed by atoms with van der Waals surface area (Å²) in [6, 6.07) is 16.7. The molecular formula is C16H18ClNS. The van der Waals surface area contributed by atoms with Crippen molar-refractivity contribution in [1.82, 2.24) is 5.32 Å². The van der Waals surface area contributed by atoms with Gasteiger partial charge in [0.15, 0.2) is 0 Å². The molecule has 0 unspecified atom stereocenters. The zero-order valence-corrected chi connectivity index (χ0v) is 12.6. The van der Waals surface area contributed by atoms with Gasteiger partial charge in [-0.3, -0.25) is 0 Å². The number of aryl methyl sites for hydroxylation is 1. The molecule has 0 saturated heterocycles. The Balaban J connectivity index is 1.69. The summed E-state index contributed by atoms with van der Waals surface area (Å²) in [6.07, 6.45) is 0. The Labute approximate surface area is 124 Å². The van der Waals surface area contributed by atoms with Crippen LogP contribution in [0.15, 0.2) is 53.4 Å². The van der Waals surface area contributed by atoms with Crippen molar-refractivity contribution in [2.45, 2.75) is 18.4 Å². The molecule has 2 aromatic carbocycles. The summed E-state index contributed by atoms with van der Waals surface area (Å²) in [7, 11) is 0. The molecule has 0 aliphatic rings. The lowest BCUT2D eigenvalue weighted by atomic mass is 10.1. The van der Waals surface area contributed by atoms with Crippen molar-refractivity contribution in [3.8, 4) is 0 Å². The minimum absolute atomic E-state index is 0.828.